The summed E-state index contributed by atoms with van der Waals surface area (Å²) < 4.78 is 0. The van der Waals surface area contributed by atoms with Gasteiger partial charge in [-0.3, -0.25) is 4.99 Å². The molecule has 0 bridgehead atoms. The molecule has 0 heterocycles. The predicted octanol–water partition coefficient (Wildman–Crippen LogP) is 2.94. The van der Waals surface area contributed by atoms with E-state index in [2.05, 4.69) is 38.5 Å². The topological polar surface area (TPSA) is 12.4 Å². The van der Waals surface area contributed by atoms with Crippen LogP contribution in [0.25, 0.3) is 0 Å². The average molecular weight is 147 g/mol. The largest absolute Gasteiger partial charge is 0.264 e. The number of hydrogen-bond donors (Lipinski definition) is 0. The fourth-order valence-corrected chi connectivity index (χ4v) is 1.11. The summed E-state index contributed by atoms with van der Waals surface area (Å²) in [7, 11) is 0. The van der Waals surface area contributed by atoms with Crippen LogP contribution in [0.5, 0.6) is 0 Å². The second-order valence-electron chi connectivity index (χ2n) is 2.81. The second kappa shape index (κ2) is 2.87. The van der Waals surface area contributed by atoms with Crippen LogP contribution in [0, 0.1) is 20.8 Å². The Bertz CT molecular complexity index is 287. The summed E-state index contributed by atoms with van der Waals surface area (Å²) in [4.78, 5) is 3.92. The first kappa shape index (κ1) is 7.99. The van der Waals surface area contributed by atoms with Gasteiger partial charge in [0.05, 0.1) is 5.69 Å². The second-order valence-corrected chi connectivity index (χ2v) is 2.81. The summed E-state index contributed by atoms with van der Waals surface area (Å²) in [5.41, 5.74) is 4.86. The van der Waals surface area contributed by atoms with Crippen LogP contribution in [0.2, 0.25) is 0 Å². The number of aryl methyl sites for hydroxylation is 1. The number of benzene rings is 1. The van der Waals surface area contributed by atoms with Crippen LogP contribution >= 0.6 is 0 Å². The zero-order chi connectivity index (χ0) is 8.43. The summed E-state index contributed by atoms with van der Waals surface area (Å²) in [5, 5.41) is 0. The molecule has 0 fully saturated rings. The Balaban J connectivity index is 3.36. The summed E-state index contributed by atoms with van der Waals surface area (Å²) in [5.74, 6) is 0. The summed E-state index contributed by atoms with van der Waals surface area (Å²) >= 11 is 0. The van der Waals surface area contributed by atoms with Crippen LogP contribution in [0.4, 0.5) is 5.69 Å². The lowest BCUT2D eigenvalue weighted by molar-refractivity contribution is 1.25. The van der Waals surface area contributed by atoms with Crippen molar-refractivity contribution in [2.45, 2.75) is 20.8 Å². The van der Waals surface area contributed by atoms with Gasteiger partial charge in [-0.15, -0.1) is 0 Å². The highest BCUT2D eigenvalue weighted by molar-refractivity contribution is 5.55. The lowest BCUT2D eigenvalue weighted by Gasteiger charge is -2.06. The Morgan fingerprint density at radius 1 is 1.09 bits per heavy atom. The third-order valence-electron chi connectivity index (χ3n) is 2.20. The molecule has 1 heteroatoms. The highest BCUT2D eigenvalue weighted by Crippen LogP contribution is 2.23. The van der Waals surface area contributed by atoms with E-state index in [0.29, 0.717) is 0 Å². The smallest absolute Gasteiger partial charge is 0.0654 e. The van der Waals surface area contributed by atoms with E-state index in [1.165, 1.54) is 16.7 Å². The van der Waals surface area contributed by atoms with Crippen LogP contribution in [0.3, 0.4) is 0 Å². The lowest BCUT2D eigenvalue weighted by atomic mass is 10.0. The van der Waals surface area contributed by atoms with Crippen LogP contribution in [0.1, 0.15) is 16.7 Å². The molecule has 0 amide bonds. The van der Waals surface area contributed by atoms with Crippen molar-refractivity contribution < 1.29 is 0 Å². The Hall–Kier alpha value is -1.11. The molecule has 0 spiro atoms. The van der Waals surface area contributed by atoms with E-state index in [1.54, 1.807) is 0 Å². The Morgan fingerprint density at radius 2 is 1.73 bits per heavy atom. The minimum Gasteiger partial charge on any atom is -0.264 e. The number of nitrogens with zero attached hydrogens (tertiary/aromatic N) is 1. The molecule has 0 aliphatic carbocycles. The zero-order valence-electron chi connectivity index (χ0n) is 7.31. The molecule has 0 aliphatic rings. The monoisotopic (exact) mass is 147 g/mol. The maximum atomic E-state index is 3.92. The lowest BCUT2D eigenvalue weighted by Crippen LogP contribution is -1.85. The third-order valence-corrected chi connectivity index (χ3v) is 2.20. The van der Waals surface area contributed by atoms with Gasteiger partial charge in [-0.25, -0.2) is 0 Å². The third kappa shape index (κ3) is 1.32. The molecule has 1 nitrogen and oxygen atoms in total. The van der Waals surface area contributed by atoms with Gasteiger partial charge < -0.3 is 0 Å². The minimum absolute atomic E-state index is 0.994. The SMILES string of the molecule is C=Nc1ccc(C)c(C)c1C. The zero-order valence-corrected chi connectivity index (χ0v) is 7.31. The van der Waals surface area contributed by atoms with E-state index in [1.807, 2.05) is 6.07 Å². The highest BCUT2D eigenvalue weighted by atomic mass is 14.7. The summed E-state index contributed by atoms with van der Waals surface area (Å²) in [6, 6.07) is 4.08. The van der Waals surface area contributed by atoms with Gasteiger partial charge in [0.25, 0.3) is 0 Å². The molecular weight excluding hydrogens is 134 g/mol. The number of rotatable bonds is 1. The molecule has 58 valence electrons. The molecule has 0 N–H and O–H groups in total. The molecule has 1 aromatic rings. The molecule has 0 aliphatic heterocycles. The van der Waals surface area contributed by atoms with Gasteiger partial charge in [-0.1, -0.05) is 6.07 Å². The van der Waals surface area contributed by atoms with E-state index in [4.69, 9.17) is 0 Å². The average Bonchev–Trinajstić information content (AvgIpc) is 2.01. The first-order valence-corrected chi connectivity index (χ1v) is 3.70. The van der Waals surface area contributed by atoms with E-state index >= 15 is 0 Å². The Kier molecular flexibility index (Phi) is 2.08. The van der Waals surface area contributed by atoms with Crippen molar-refractivity contribution in [1.82, 2.24) is 0 Å². The van der Waals surface area contributed by atoms with Crippen molar-refractivity contribution in [1.29, 1.82) is 0 Å². The van der Waals surface area contributed by atoms with Crippen molar-refractivity contribution in [2.24, 2.45) is 4.99 Å². The van der Waals surface area contributed by atoms with E-state index in [0.717, 1.165) is 5.69 Å². The van der Waals surface area contributed by atoms with Crippen molar-refractivity contribution in [3.8, 4) is 0 Å². The predicted molar refractivity (Wildman–Crippen MR) is 49.9 cm³/mol. The standard InChI is InChI=1S/C10H13N/c1-7-5-6-10(11-4)9(3)8(7)2/h5-6H,4H2,1-3H3. The van der Waals surface area contributed by atoms with Crippen LogP contribution in [-0.2, 0) is 0 Å². The van der Waals surface area contributed by atoms with Gasteiger partial charge in [0.2, 0.25) is 0 Å². The van der Waals surface area contributed by atoms with Gasteiger partial charge in [0, 0.05) is 0 Å². The molecule has 0 saturated carbocycles. The normalized spacial score (nSPS) is 9.73. The van der Waals surface area contributed by atoms with Crippen molar-refractivity contribution in [3.05, 3.63) is 28.8 Å². The van der Waals surface area contributed by atoms with E-state index in [9.17, 15) is 0 Å². The maximum Gasteiger partial charge on any atom is 0.0654 e. The van der Waals surface area contributed by atoms with Crippen LogP contribution in [-0.4, -0.2) is 6.72 Å². The molecule has 0 atom stereocenters. The van der Waals surface area contributed by atoms with Crippen LogP contribution < -0.4 is 0 Å². The van der Waals surface area contributed by atoms with Gasteiger partial charge in [-0.05, 0) is 50.2 Å². The van der Waals surface area contributed by atoms with Crippen LogP contribution in [0.15, 0.2) is 17.1 Å². The molecule has 11 heavy (non-hydrogen) atoms. The fraction of sp³-hybridized carbons (Fsp3) is 0.300. The minimum atomic E-state index is 0.994. The first-order chi connectivity index (χ1) is 5.16. The summed E-state index contributed by atoms with van der Waals surface area (Å²) in [6.45, 7) is 9.81. The molecule has 0 unspecified atom stereocenters. The summed E-state index contributed by atoms with van der Waals surface area (Å²) in [6.07, 6.45) is 0. The van der Waals surface area contributed by atoms with Crippen molar-refractivity contribution >= 4 is 12.4 Å². The Morgan fingerprint density at radius 3 is 2.27 bits per heavy atom. The van der Waals surface area contributed by atoms with Crippen molar-refractivity contribution in [3.63, 3.8) is 0 Å². The maximum absolute atomic E-state index is 3.92. The molecule has 0 aromatic heterocycles. The van der Waals surface area contributed by atoms with Gasteiger partial charge in [0.1, 0.15) is 0 Å². The van der Waals surface area contributed by atoms with E-state index < -0.39 is 0 Å². The van der Waals surface area contributed by atoms with Crippen molar-refractivity contribution in [2.75, 3.05) is 0 Å². The quantitative estimate of drug-likeness (QED) is 0.541. The Labute approximate surface area is 67.8 Å². The number of aliphatic imine (C=N–C) groups is 1. The molecule has 1 aromatic carbocycles. The molecular formula is C10H13N. The fourth-order valence-electron chi connectivity index (χ4n) is 1.11. The van der Waals surface area contributed by atoms with Gasteiger partial charge in [-0.2, -0.15) is 0 Å². The van der Waals surface area contributed by atoms with Gasteiger partial charge in [0.15, 0.2) is 0 Å². The molecule has 0 saturated heterocycles. The number of hydrogen-bond acceptors (Lipinski definition) is 1. The van der Waals surface area contributed by atoms with E-state index in [-0.39, 0.29) is 0 Å². The first-order valence-electron chi connectivity index (χ1n) is 3.70. The molecule has 1 rings (SSSR count). The molecule has 0 radical (unpaired) electrons. The highest BCUT2D eigenvalue weighted by Gasteiger charge is 2.00. The van der Waals surface area contributed by atoms with Gasteiger partial charge >= 0.3 is 0 Å².